The van der Waals surface area contributed by atoms with E-state index in [1.807, 2.05) is 41.2 Å². The van der Waals surface area contributed by atoms with Crippen LogP contribution in [0.4, 0.5) is 10.8 Å². The fourth-order valence-corrected chi connectivity index (χ4v) is 5.56. The molecular weight excluding hydrogens is 446 g/mol. The van der Waals surface area contributed by atoms with Gasteiger partial charge in [-0.15, -0.1) is 10.2 Å². The number of rotatable bonds is 7. The maximum Gasteiger partial charge on any atom is 0.227 e. The number of hydrogen-bond acceptors (Lipinski definition) is 7. The van der Waals surface area contributed by atoms with Crippen LogP contribution in [0, 0.1) is 5.92 Å². The summed E-state index contributed by atoms with van der Waals surface area (Å²) in [6, 6.07) is 12.3. The van der Waals surface area contributed by atoms with Gasteiger partial charge in [0.05, 0.1) is 0 Å². The van der Waals surface area contributed by atoms with E-state index >= 15 is 0 Å². The molecule has 5 rings (SSSR count). The van der Waals surface area contributed by atoms with Crippen LogP contribution >= 0.6 is 11.3 Å². The lowest BCUT2D eigenvalue weighted by molar-refractivity contribution is -0.120. The van der Waals surface area contributed by atoms with E-state index in [-0.39, 0.29) is 11.8 Å². The molecular formula is C25H33N7OS. The number of anilines is 2. The van der Waals surface area contributed by atoms with Gasteiger partial charge in [0, 0.05) is 69.8 Å². The van der Waals surface area contributed by atoms with Gasteiger partial charge in [0.1, 0.15) is 0 Å². The first-order valence-corrected chi connectivity index (χ1v) is 13.1. The molecule has 0 spiro atoms. The predicted octanol–water partition coefficient (Wildman–Crippen LogP) is 3.32. The van der Waals surface area contributed by atoms with Crippen LogP contribution in [0.5, 0.6) is 0 Å². The maximum atomic E-state index is 12.9. The van der Waals surface area contributed by atoms with Gasteiger partial charge in [0.15, 0.2) is 0 Å². The van der Waals surface area contributed by atoms with Crippen LogP contribution in [-0.2, 0) is 11.3 Å². The molecule has 2 fully saturated rings. The van der Waals surface area contributed by atoms with Crippen LogP contribution in [-0.4, -0.2) is 76.3 Å². The minimum absolute atomic E-state index is 0.0302. The first kappa shape index (κ1) is 23.0. The Morgan fingerprint density at radius 1 is 0.941 bits per heavy atom. The maximum absolute atomic E-state index is 12.9. The minimum atomic E-state index is 0.0302. The Hall–Kier alpha value is -2.75. The summed E-state index contributed by atoms with van der Waals surface area (Å²) in [7, 11) is 0. The van der Waals surface area contributed by atoms with E-state index in [9.17, 15) is 4.79 Å². The van der Waals surface area contributed by atoms with Crippen LogP contribution < -0.4 is 10.2 Å². The van der Waals surface area contributed by atoms with E-state index in [0.717, 1.165) is 81.2 Å². The smallest absolute Gasteiger partial charge is 0.227 e. The SMILES string of the molecule is CCN1CCN(Cc2ccc(NC(=O)C3CCN(c4nnc(-n5cccc5)s4)CC3)cc2)CC1. The van der Waals surface area contributed by atoms with Crippen molar-refractivity contribution in [2.45, 2.75) is 26.3 Å². The van der Waals surface area contributed by atoms with Crippen LogP contribution in [0.25, 0.3) is 5.13 Å². The summed E-state index contributed by atoms with van der Waals surface area (Å²) < 4.78 is 1.97. The average molecular weight is 480 g/mol. The van der Waals surface area contributed by atoms with Crippen molar-refractivity contribution in [1.29, 1.82) is 0 Å². The fraction of sp³-hybridized carbons (Fsp3) is 0.480. The summed E-state index contributed by atoms with van der Waals surface area (Å²) in [5.74, 6) is 0.149. The molecule has 2 aliphatic rings. The third-order valence-corrected chi connectivity index (χ3v) is 7.90. The number of benzene rings is 1. The predicted molar refractivity (Wildman–Crippen MR) is 137 cm³/mol. The molecule has 0 unspecified atom stereocenters. The molecule has 1 aromatic carbocycles. The largest absolute Gasteiger partial charge is 0.347 e. The Morgan fingerprint density at radius 3 is 2.26 bits per heavy atom. The second kappa shape index (κ2) is 10.7. The number of hydrogen-bond donors (Lipinski definition) is 1. The molecule has 2 aromatic heterocycles. The summed E-state index contributed by atoms with van der Waals surface area (Å²) in [4.78, 5) is 20.1. The lowest BCUT2D eigenvalue weighted by Gasteiger charge is -2.34. The third-order valence-electron chi connectivity index (χ3n) is 6.91. The lowest BCUT2D eigenvalue weighted by atomic mass is 9.96. The second-order valence-corrected chi connectivity index (χ2v) is 10.0. The molecule has 0 aliphatic carbocycles. The van der Waals surface area contributed by atoms with Gasteiger partial charge in [0.2, 0.25) is 16.2 Å². The zero-order chi connectivity index (χ0) is 23.3. The zero-order valence-electron chi connectivity index (χ0n) is 19.8. The van der Waals surface area contributed by atoms with E-state index < -0.39 is 0 Å². The molecule has 2 saturated heterocycles. The van der Waals surface area contributed by atoms with Crippen molar-refractivity contribution in [2.24, 2.45) is 5.92 Å². The number of likely N-dealkylation sites (N-methyl/N-ethyl adjacent to an activating group) is 1. The number of carbonyl (C=O) groups excluding carboxylic acids is 1. The quantitative estimate of drug-likeness (QED) is 0.561. The zero-order valence-corrected chi connectivity index (χ0v) is 20.6. The number of nitrogens with zero attached hydrogens (tertiary/aromatic N) is 6. The molecule has 2 aliphatic heterocycles. The van der Waals surface area contributed by atoms with Crippen molar-refractivity contribution in [3.05, 3.63) is 54.4 Å². The van der Waals surface area contributed by atoms with Gasteiger partial charge >= 0.3 is 0 Å². The first-order chi connectivity index (χ1) is 16.7. The topological polar surface area (TPSA) is 69.5 Å². The number of amides is 1. The Kier molecular flexibility index (Phi) is 7.22. The Labute approximate surface area is 205 Å². The van der Waals surface area contributed by atoms with Gasteiger partial charge in [-0.25, -0.2) is 0 Å². The Morgan fingerprint density at radius 2 is 1.59 bits per heavy atom. The molecule has 8 nitrogen and oxygen atoms in total. The summed E-state index contributed by atoms with van der Waals surface area (Å²) in [6.45, 7) is 10.5. The highest BCUT2D eigenvalue weighted by molar-refractivity contribution is 7.17. The number of nitrogens with one attached hydrogen (secondary N) is 1. The average Bonchev–Trinajstić information content (AvgIpc) is 3.58. The summed E-state index contributed by atoms with van der Waals surface area (Å²) >= 11 is 1.58. The summed E-state index contributed by atoms with van der Waals surface area (Å²) in [6.07, 6.45) is 5.60. The third kappa shape index (κ3) is 5.48. The molecule has 0 atom stereocenters. The van der Waals surface area contributed by atoms with Crippen molar-refractivity contribution in [3.8, 4) is 5.13 Å². The minimum Gasteiger partial charge on any atom is -0.347 e. The first-order valence-electron chi connectivity index (χ1n) is 12.2. The van der Waals surface area contributed by atoms with E-state index in [2.05, 4.69) is 49.3 Å². The van der Waals surface area contributed by atoms with Crippen LogP contribution in [0.15, 0.2) is 48.8 Å². The van der Waals surface area contributed by atoms with E-state index in [0.29, 0.717) is 0 Å². The van der Waals surface area contributed by atoms with Crippen molar-refractivity contribution in [2.75, 3.05) is 56.0 Å². The standard InChI is InChI=1S/C25H33N7OS/c1-2-29-15-17-30(18-16-29)19-20-5-7-22(8-6-20)26-23(33)21-9-13-32(14-10-21)25-28-27-24(34-25)31-11-3-4-12-31/h3-8,11-12,21H,2,9-10,13-19H2,1H3,(H,26,33). The Balaban J connectivity index is 1.08. The van der Waals surface area contributed by atoms with E-state index in [1.54, 1.807) is 11.3 Å². The molecule has 180 valence electrons. The van der Waals surface area contributed by atoms with Gasteiger partial charge in [-0.2, -0.15) is 0 Å². The molecule has 3 aromatic rings. The van der Waals surface area contributed by atoms with E-state index in [4.69, 9.17) is 0 Å². The molecule has 9 heteroatoms. The van der Waals surface area contributed by atoms with Crippen LogP contribution in [0.2, 0.25) is 0 Å². The van der Waals surface area contributed by atoms with Gasteiger partial charge in [-0.05, 0) is 49.2 Å². The second-order valence-electron chi connectivity index (χ2n) is 9.12. The number of piperazine rings is 1. The molecule has 34 heavy (non-hydrogen) atoms. The monoisotopic (exact) mass is 479 g/mol. The van der Waals surface area contributed by atoms with Crippen LogP contribution in [0.3, 0.4) is 0 Å². The van der Waals surface area contributed by atoms with Crippen molar-refractivity contribution in [1.82, 2.24) is 24.6 Å². The molecule has 0 saturated carbocycles. The van der Waals surface area contributed by atoms with Crippen molar-refractivity contribution >= 4 is 28.1 Å². The normalized spacial score (nSPS) is 18.3. The highest BCUT2D eigenvalue weighted by Crippen LogP contribution is 2.28. The molecule has 0 radical (unpaired) electrons. The molecule has 1 N–H and O–H groups in total. The molecule has 4 heterocycles. The van der Waals surface area contributed by atoms with Gasteiger partial charge in [-0.3, -0.25) is 14.3 Å². The summed E-state index contributed by atoms with van der Waals surface area (Å²) in [5, 5.41) is 13.6. The molecule has 0 bridgehead atoms. The molecule has 1 amide bonds. The lowest BCUT2D eigenvalue weighted by Crippen LogP contribution is -2.45. The highest BCUT2D eigenvalue weighted by Gasteiger charge is 2.27. The van der Waals surface area contributed by atoms with Crippen molar-refractivity contribution < 1.29 is 4.79 Å². The van der Waals surface area contributed by atoms with Gasteiger partial charge in [-0.1, -0.05) is 30.4 Å². The summed E-state index contributed by atoms with van der Waals surface area (Å²) in [5.41, 5.74) is 2.18. The van der Waals surface area contributed by atoms with Crippen LogP contribution in [0.1, 0.15) is 25.3 Å². The number of carbonyl (C=O) groups is 1. The van der Waals surface area contributed by atoms with Crippen molar-refractivity contribution in [3.63, 3.8) is 0 Å². The highest BCUT2D eigenvalue weighted by atomic mass is 32.1. The van der Waals surface area contributed by atoms with Gasteiger partial charge < -0.3 is 15.1 Å². The number of aromatic nitrogens is 3. The van der Waals surface area contributed by atoms with E-state index in [1.165, 1.54) is 5.56 Å². The fourth-order valence-electron chi connectivity index (χ4n) is 4.69. The number of piperidine rings is 1. The van der Waals surface area contributed by atoms with Gasteiger partial charge in [0.25, 0.3) is 0 Å². The Bertz CT molecular complexity index is 1050.